The number of carbonyl (C=O) groups excluding carboxylic acids is 1. The molecule has 0 spiro atoms. The van der Waals surface area contributed by atoms with Crippen molar-refractivity contribution in [3.63, 3.8) is 0 Å². The highest BCUT2D eigenvalue weighted by molar-refractivity contribution is 6.06. The largest absolute Gasteiger partial charge is 0.493 e. The summed E-state index contributed by atoms with van der Waals surface area (Å²) in [5.74, 6) is 1.44. The van der Waals surface area contributed by atoms with Gasteiger partial charge in [0.1, 0.15) is 0 Å². The lowest BCUT2D eigenvalue weighted by Gasteiger charge is -2.14. The first-order valence-corrected chi connectivity index (χ1v) is 7.74. The lowest BCUT2D eigenvalue weighted by Crippen LogP contribution is -1.99. The smallest absolute Gasteiger partial charge is 0.203 e. The van der Waals surface area contributed by atoms with Crippen molar-refractivity contribution in [2.24, 2.45) is 0 Å². The number of ketones is 1. The zero-order valence-corrected chi connectivity index (χ0v) is 14.4. The second kappa shape index (κ2) is 8.55. The van der Waals surface area contributed by atoms with Gasteiger partial charge in [-0.1, -0.05) is 6.08 Å². The Labute approximate surface area is 147 Å². The fourth-order valence-corrected chi connectivity index (χ4v) is 2.26. The molecule has 0 aliphatic heterocycles. The van der Waals surface area contributed by atoms with Gasteiger partial charge >= 0.3 is 0 Å². The summed E-state index contributed by atoms with van der Waals surface area (Å²) in [5.41, 5.74) is 1.78. The van der Waals surface area contributed by atoms with E-state index in [0.29, 0.717) is 35.0 Å². The molecule has 5 heteroatoms. The lowest BCUT2D eigenvalue weighted by atomic mass is 10.1. The van der Waals surface area contributed by atoms with Gasteiger partial charge in [-0.2, -0.15) is 5.26 Å². The Balaban J connectivity index is 2.27. The fourth-order valence-electron chi connectivity index (χ4n) is 2.26. The third kappa shape index (κ3) is 4.39. The average Bonchev–Trinajstić information content (AvgIpc) is 2.66. The quantitative estimate of drug-likeness (QED) is 0.567. The number of methoxy groups -OCH3 is 2. The summed E-state index contributed by atoms with van der Waals surface area (Å²) in [5, 5.41) is 8.80. The van der Waals surface area contributed by atoms with Gasteiger partial charge in [0.15, 0.2) is 17.3 Å². The number of hydrogen-bond donors (Lipinski definition) is 0. The van der Waals surface area contributed by atoms with Crippen molar-refractivity contribution >= 4 is 11.9 Å². The Hall–Kier alpha value is -3.26. The van der Waals surface area contributed by atoms with E-state index in [0.717, 1.165) is 5.56 Å². The number of nitriles is 1. The van der Waals surface area contributed by atoms with E-state index in [4.69, 9.17) is 19.5 Å². The number of allylic oxidation sites excluding steroid dienone is 1. The zero-order valence-electron chi connectivity index (χ0n) is 14.4. The average molecular weight is 337 g/mol. The molecular weight excluding hydrogens is 318 g/mol. The maximum Gasteiger partial charge on any atom is 0.203 e. The van der Waals surface area contributed by atoms with Crippen molar-refractivity contribution in [1.82, 2.24) is 0 Å². The molecule has 0 heterocycles. The Morgan fingerprint density at radius 2 is 1.72 bits per heavy atom. The summed E-state index contributed by atoms with van der Waals surface area (Å²) in [6, 6.07) is 12.1. The minimum absolute atomic E-state index is 0.156. The Kier molecular flexibility index (Phi) is 6.19. The number of rotatable bonds is 7. The second-order valence-corrected chi connectivity index (χ2v) is 5.07. The van der Waals surface area contributed by atoms with Gasteiger partial charge in [0, 0.05) is 5.56 Å². The van der Waals surface area contributed by atoms with Crippen LogP contribution in [0.2, 0.25) is 0 Å². The van der Waals surface area contributed by atoms with Gasteiger partial charge in [-0.3, -0.25) is 4.79 Å². The summed E-state index contributed by atoms with van der Waals surface area (Å²) in [7, 11) is 3.10. The van der Waals surface area contributed by atoms with E-state index in [1.54, 1.807) is 56.7 Å². The first kappa shape index (κ1) is 18.1. The summed E-state index contributed by atoms with van der Waals surface area (Å²) >= 11 is 0. The van der Waals surface area contributed by atoms with Gasteiger partial charge in [0.2, 0.25) is 5.75 Å². The minimum atomic E-state index is -0.156. The van der Waals surface area contributed by atoms with Gasteiger partial charge in [0.05, 0.1) is 32.5 Å². The first-order chi connectivity index (χ1) is 12.1. The molecule has 2 aromatic rings. The highest BCUT2D eigenvalue weighted by Gasteiger charge is 2.13. The molecular formula is C20H19NO4. The van der Waals surface area contributed by atoms with Crippen LogP contribution in [0.15, 0.2) is 42.5 Å². The molecule has 0 aromatic heterocycles. The minimum Gasteiger partial charge on any atom is -0.493 e. The van der Waals surface area contributed by atoms with E-state index in [1.165, 1.54) is 6.08 Å². The van der Waals surface area contributed by atoms with E-state index in [-0.39, 0.29) is 5.78 Å². The molecule has 0 aliphatic rings. The molecule has 0 saturated carbocycles. The van der Waals surface area contributed by atoms with Crippen LogP contribution in [0.25, 0.3) is 6.08 Å². The Morgan fingerprint density at radius 3 is 2.20 bits per heavy atom. The van der Waals surface area contributed by atoms with Crippen LogP contribution in [0.3, 0.4) is 0 Å². The maximum atomic E-state index is 12.2. The second-order valence-electron chi connectivity index (χ2n) is 5.07. The van der Waals surface area contributed by atoms with Crippen molar-refractivity contribution in [2.45, 2.75) is 6.92 Å². The summed E-state index contributed by atoms with van der Waals surface area (Å²) in [6.07, 6.45) is 3.15. The molecule has 2 aromatic carbocycles. The van der Waals surface area contributed by atoms with Crippen LogP contribution < -0.4 is 14.2 Å². The van der Waals surface area contributed by atoms with Crippen LogP contribution in [0.5, 0.6) is 17.2 Å². The number of nitrogens with zero attached hydrogens (tertiary/aromatic N) is 1. The molecule has 0 radical (unpaired) electrons. The standard InChI is InChI=1S/C20H19NO4/c1-4-25-20-18(23-2)11-15(12-19(20)24-3)7-10-17(22)16-8-5-14(13-21)6-9-16/h5-12H,4H2,1-3H3. The first-order valence-electron chi connectivity index (χ1n) is 7.74. The van der Waals surface area contributed by atoms with Crippen molar-refractivity contribution < 1.29 is 19.0 Å². The Bertz CT molecular complexity index is 792. The van der Waals surface area contributed by atoms with Crippen LogP contribution >= 0.6 is 0 Å². The van der Waals surface area contributed by atoms with Crippen LogP contribution in [-0.2, 0) is 0 Å². The highest BCUT2D eigenvalue weighted by Crippen LogP contribution is 2.38. The van der Waals surface area contributed by atoms with Crippen LogP contribution in [0, 0.1) is 11.3 Å². The zero-order chi connectivity index (χ0) is 18.2. The maximum absolute atomic E-state index is 12.2. The molecule has 0 unspecified atom stereocenters. The molecule has 128 valence electrons. The number of ether oxygens (including phenoxy) is 3. The number of benzene rings is 2. The topological polar surface area (TPSA) is 68.5 Å². The molecule has 0 bridgehead atoms. The summed E-state index contributed by atoms with van der Waals surface area (Å²) in [6.45, 7) is 2.36. The molecule has 0 aliphatic carbocycles. The van der Waals surface area contributed by atoms with Crippen molar-refractivity contribution in [3.8, 4) is 23.3 Å². The predicted octanol–water partition coefficient (Wildman–Crippen LogP) is 3.87. The van der Waals surface area contributed by atoms with Crippen molar-refractivity contribution in [1.29, 1.82) is 5.26 Å². The fraction of sp³-hybridized carbons (Fsp3) is 0.200. The van der Waals surface area contributed by atoms with Crippen LogP contribution in [-0.4, -0.2) is 26.6 Å². The van der Waals surface area contributed by atoms with Gasteiger partial charge < -0.3 is 14.2 Å². The molecule has 25 heavy (non-hydrogen) atoms. The number of hydrogen-bond acceptors (Lipinski definition) is 5. The van der Waals surface area contributed by atoms with Crippen molar-refractivity contribution in [2.75, 3.05) is 20.8 Å². The molecule has 5 nitrogen and oxygen atoms in total. The molecule has 0 amide bonds. The lowest BCUT2D eigenvalue weighted by molar-refractivity contribution is 0.104. The van der Waals surface area contributed by atoms with Gasteiger partial charge in [-0.05, 0) is 55.0 Å². The third-order valence-electron chi connectivity index (χ3n) is 3.50. The molecule has 0 N–H and O–H groups in total. The third-order valence-corrected chi connectivity index (χ3v) is 3.50. The molecule has 0 atom stereocenters. The summed E-state index contributed by atoms with van der Waals surface area (Å²) in [4.78, 5) is 12.2. The Morgan fingerprint density at radius 1 is 1.12 bits per heavy atom. The van der Waals surface area contributed by atoms with E-state index >= 15 is 0 Å². The van der Waals surface area contributed by atoms with Crippen molar-refractivity contribution in [3.05, 3.63) is 59.2 Å². The SMILES string of the molecule is CCOc1c(OC)cc(C=CC(=O)c2ccc(C#N)cc2)cc1OC. The normalized spacial score (nSPS) is 10.3. The van der Waals surface area contributed by atoms with E-state index in [9.17, 15) is 4.79 Å². The van der Waals surface area contributed by atoms with Gasteiger partial charge in [-0.25, -0.2) is 0 Å². The number of carbonyl (C=O) groups is 1. The van der Waals surface area contributed by atoms with Gasteiger partial charge in [0.25, 0.3) is 0 Å². The van der Waals surface area contributed by atoms with E-state index in [2.05, 4.69) is 0 Å². The van der Waals surface area contributed by atoms with Crippen LogP contribution in [0.1, 0.15) is 28.4 Å². The molecule has 0 fully saturated rings. The monoisotopic (exact) mass is 337 g/mol. The van der Waals surface area contributed by atoms with Gasteiger partial charge in [-0.15, -0.1) is 0 Å². The molecule has 2 rings (SSSR count). The molecule has 0 saturated heterocycles. The highest BCUT2D eigenvalue weighted by atomic mass is 16.5. The predicted molar refractivity (Wildman–Crippen MR) is 95.2 cm³/mol. The van der Waals surface area contributed by atoms with Crippen LogP contribution in [0.4, 0.5) is 0 Å². The van der Waals surface area contributed by atoms with E-state index < -0.39 is 0 Å². The van der Waals surface area contributed by atoms with E-state index in [1.807, 2.05) is 13.0 Å². The summed E-state index contributed by atoms with van der Waals surface area (Å²) < 4.78 is 16.2.